The molecular weight excluding hydrogens is 316 g/mol. The minimum Gasteiger partial charge on any atom is -0.338 e. The Labute approximate surface area is 118 Å². The lowest BCUT2D eigenvalue weighted by atomic mass is 10.1. The summed E-state index contributed by atoms with van der Waals surface area (Å²) in [5.41, 5.74) is 0.514. The molecule has 1 aliphatic heterocycles. The van der Waals surface area contributed by atoms with E-state index in [0.717, 1.165) is 6.07 Å². The number of carbonyl (C=O) groups is 1. The zero-order valence-electron chi connectivity index (χ0n) is 10.7. The number of amides is 1. The van der Waals surface area contributed by atoms with Gasteiger partial charge < -0.3 is 4.90 Å². The molecule has 1 heterocycles. The number of hydrogen-bond donors (Lipinski definition) is 0. The Morgan fingerprint density at radius 2 is 1.89 bits per heavy atom. The van der Waals surface area contributed by atoms with Crippen LogP contribution < -0.4 is 0 Å². The van der Waals surface area contributed by atoms with E-state index in [2.05, 4.69) is 29.8 Å². The highest BCUT2D eigenvalue weighted by Gasteiger charge is 2.62. The van der Waals surface area contributed by atoms with Gasteiger partial charge in [0, 0.05) is 13.1 Å². The van der Waals surface area contributed by atoms with Gasteiger partial charge in [0.15, 0.2) is 11.6 Å². The zero-order chi connectivity index (χ0) is 13.9. The van der Waals surface area contributed by atoms with Gasteiger partial charge in [-0.15, -0.1) is 0 Å². The Bertz CT molecular complexity index is 559. The normalized spacial score (nSPS) is 27.3. The molecule has 2 unspecified atom stereocenters. The molecule has 0 bridgehead atoms. The van der Waals surface area contributed by atoms with Gasteiger partial charge in [-0.3, -0.25) is 4.79 Å². The van der Waals surface area contributed by atoms with Crippen LogP contribution in [-0.2, 0) is 0 Å². The molecule has 2 nitrogen and oxygen atoms in total. The van der Waals surface area contributed by atoms with Crippen molar-refractivity contribution >= 4 is 21.8 Å². The Balaban J connectivity index is 1.82. The summed E-state index contributed by atoms with van der Waals surface area (Å²) >= 11 is 2.96. The molecule has 102 valence electrons. The van der Waals surface area contributed by atoms with Crippen molar-refractivity contribution in [1.82, 2.24) is 4.90 Å². The fourth-order valence-electron chi connectivity index (χ4n) is 3.16. The van der Waals surface area contributed by atoms with Crippen LogP contribution in [0.25, 0.3) is 0 Å². The lowest BCUT2D eigenvalue weighted by Gasteiger charge is -2.22. The van der Waals surface area contributed by atoms with Gasteiger partial charge in [-0.25, -0.2) is 8.78 Å². The van der Waals surface area contributed by atoms with Crippen LogP contribution in [0.1, 0.15) is 24.2 Å². The minimum absolute atomic E-state index is 0.0858. The summed E-state index contributed by atoms with van der Waals surface area (Å²) in [6.07, 6.45) is 0. The van der Waals surface area contributed by atoms with E-state index in [0.29, 0.717) is 30.3 Å². The van der Waals surface area contributed by atoms with E-state index < -0.39 is 11.6 Å². The third-order valence-corrected chi connectivity index (χ3v) is 5.45. The number of hydrogen-bond acceptors (Lipinski definition) is 1. The first-order valence-corrected chi connectivity index (χ1v) is 7.06. The van der Waals surface area contributed by atoms with E-state index >= 15 is 0 Å². The SMILES string of the molecule is CC1(C)C2CN(C(=O)c3ccc(F)c(F)c3Br)CC21. The van der Waals surface area contributed by atoms with Crippen molar-refractivity contribution in [1.29, 1.82) is 0 Å². The minimum atomic E-state index is -1.00. The predicted octanol–water partition coefficient (Wildman–Crippen LogP) is 3.46. The number of fused-ring (bicyclic) bond motifs is 1. The van der Waals surface area contributed by atoms with Crippen LogP contribution in [0.2, 0.25) is 0 Å². The Hall–Kier alpha value is -0.970. The molecule has 0 radical (unpaired) electrons. The second kappa shape index (κ2) is 4.01. The molecule has 2 fully saturated rings. The molecule has 1 amide bonds. The molecule has 1 saturated heterocycles. The summed E-state index contributed by atoms with van der Waals surface area (Å²) in [5, 5.41) is 0. The van der Waals surface area contributed by atoms with Gasteiger partial charge in [-0.2, -0.15) is 0 Å². The van der Waals surface area contributed by atoms with Crippen molar-refractivity contribution in [2.75, 3.05) is 13.1 Å². The Morgan fingerprint density at radius 3 is 2.47 bits per heavy atom. The van der Waals surface area contributed by atoms with Crippen molar-refractivity contribution < 1.29 is 13.6 Å². The molecule has 0 N–H and O–H groups in total. The van der Waals surface area contributed by atoms with Gasteiger partial charge in [-0.1, -0.05) is 13.8 Å². The largest absolute Gasteiger partial charge is 0.338 e. The van der Waals surface area contributed by atoms with Crippen LogP contribution in [-0.4, -0.2) is 23.9 Å². The number of nitrogens with zero attached hydrogens (tertiary/aromatic N) is 1. The third kappa shape index (κ3) is 1.82. The molecule has 1 aromatic carbocycles. The lowest BCUT2D eigenvalue weighted by molar-refractivity contribution is 0.0756. The second-order valence-electron chi connectivity index (χ2n) is 5.97. The van der Waals surface area contributed by atoms with Gasteiger partial charge in [0.2, 0.25) is 0 Å². The molecule has 0 spiro atoms. The molecule has 3 rings (SSSR count). The van der Waals surface area contributed by atoms with Gasteiger partial charge in [-0.05, 0) is 45.3 Å². The van der Waals surface area contributed by atoms with Gasteiger partial charge in [0.1, 0.15) is 0 Å². The smallest absolute Gasteiger partial charge is 0.255 e. The highest BCUT2D eigenvalue weighted by molar-refractivity contribution is 9.10. The van der Waals surface area contributed by atoms with Crippen LogP contribution in [0.15, 0.2) is 16.6 Å². The van der Waals surface area contributed by atoms with Crippen molar-refractivity contribution in [3.63, 3.8) is 0 Å². The van der Waals surface area contributed by atoms with E-state index in [4.69, 9.17) is 0 Å². The average Bonchev–Trinajstić information content (AvgIpc) is 2.77. The summed E-state index contributed by atoms with van der Waals surface area (Å²) in [7, 11) is 0. The molecule has 19 heavy (non-hydrogen) atoms. The fourth-order valence-corrected chi connectivity index (χ4v) is 3.65. The Morgan fingerprint density at radius 1 is 1.32 bits per heavy atom. The van der Waals surface area contributed by atoms with Crippen LogP contribution in [0.3, 0.4) is 0 Å². The van der Waals surface area contributed by atoms with E-state index in [1.807, 2.05) is 0 Å². The molecule has 0 aromatic heterocycles. The maximum absolute atomic E-state index is 13.5. The van der Waals surface area contributed by atoms with Crippen LogP contribution in [0.5, 0.6) is 0 Å². The van der Waals surface area contributed by atoms with E-state index in [1.54, 1.807) is 4.90 Å². The third-order valence-electron chi connectivity index (χ3n) is 4.67. The quantitative estimate of drug-likeness (QED) is 0.722. The van der Waals surface area contributed by atoms with Crippen molar-refractivity contribution in [3.8, 4) is 0 Å². The van der Waals surface area contributed by atoms with Crippen molar-refractivity contribution in [2.24, 2.45) is 17.3 Å². The number of carbonyl (C=O) groups excluding carboxylic acids is 1. The van der Waals surface area contributed by atoms with Crippen LogP contribution in [0.4, 0.5) is 8.78 Å². The van der Waals surface area contributed by atoms with Gasteiger partial charge in [0.05, 0.1) is 10.0 Å². The number of halogens is 3. The monoisotopic (exact) mass is 329 g/mol. The summed E-state index contributed by atoms with van der Waals surface area (Å²) < 4.78 is 26.4. The van der Waals surface area contributed by atoms with Gasteiger partial charge in [0.25, 0.3) is 5.91 Å². The number of benzene rings is 1. The Kier molecular flexibility index (Phi) is 2.75. The van der Waals surface area contributed by atoms with Crippen LogP contribution in [0, 0.1) is 28.9 Å². The molecule has 1 aliphatic carbocycles. The predicted molar refractivity (Wildman–Crippen MR) is 70.7 cm³/mol. The summed E-state index contributed by atoms with van der Waals surface area (Å²) in [5.74, 6) is -1.10. The topological polar surface area (TPSA) is 20.3 Å². The van der Waals surface area contributed by atoms with Crippen molar-refractivity contribution in [2.45, 2.75) is 13.8 Å². The standard InChI is InChI=1S/C14H14BrF2NO/c1-14(2)8-5-18(6-9(8)14)13(19)7-3-4-10(16)12(17)11(7)15/h3-4,8-9H,5-6H2,1-2H3. The van der Waals surface area contributed by atoms with Crippen molar-refractivity contribution in [3.05, 3.63) is 33.8 Å². The number of likely N-dealkylation sites (tertiary alicyclic amines) is 1. The fraction of sp³-hybridized carbons (Fsp3) is 0.500. The highest BCUT2D eigenvalue weighted by Crippen LogP contribution is 2.62. The van der Waals surface area contributed by atoms with Gasteiger partial charge >= 0.3 is 0 Å². The molecule has 2 atom stereocenters. The summed E-state index contributed by atoms with van der Waals surface area (Å²) in [6.45, 7) is 5.83. The average molecular weight is 330 g/mol. The lowest BCUT2D eigenvalue weighted by Crippen LogP contribution is -2.33. The molecule has 1 aromatic rings. The maximum Gasteiger partial charge on any atom is 0.255 e. The molecular formula is C14H14BrF2NO. The molecule has 2 aliphatic rings. The highest BCUT2D eigenvalue weighted by atomic mass is 79.9. The van der Waals surface area contributed by atoms with Crippen LogP contribution >= 0.6 is 15.9 Å². The number of rotatable bonds is 1. The van der Waals surface area contributed by atoms with E-state index in [-0.39, 0.29) is 15.9 Å². The summed E-state index contributed by atoms with van der Waals surface area (Å²) in [4.78, 5) is 14.0. The molecule has 5 heteroatoms. The van der Waals surface area contributed by atoms with E-state index in [9.17, 15) is 13.6 Å². The second-order valence-corrected chi connectivity index (χ2v) is 6.76. The number of piperidine rings is 1. The first-order valence-electron chi connectivity index (χ1n) is 6.26. The zero-order valence-corrected chi connectivity index (χ0v) is 12.3. The molecule has 1 saturated carbocycles. The van der Waals surface area contributed by atoms with E-state index in [1.165, 1.54) is 6.07 Å². The first kappa shape index (κ1) is 13.0. The maximum atomic E-state index is 13.5. The summed E-state index contributed by atoms with van der Waals surface area (Å²) in [6, 6.07) is 2.33. The first-order chi connectivity index (χ1) is 8.84.